The zero-order valence-electron chi connectivity index (χ0n) is 12.4. The van der Waals surface area contributed by atoms with Gasteiger partial charge in [-0.1, -0.05) is 6.07 Å². The van der Waals surface area contributed by atoms with Crippen molar-refractivity contribution < 1.29 is 9.90 Å². The Bertz CT molecular complexity index is 839. The van der Waals surface area contributed by atoms with Gasteiger partial charge >= 0.3 is 0 Å². The Morgan fingerprint density at radius 3 is 2.96 bits per heavy atom. The summed E-state index contributed by atoms with van der Waals surface area (Å²) in [5.41, 5.74) is 2.33. The van der Waals surface area contributed by atoms with E-state index < -0.39 is 5.60 Å². The molecule has 23 heavy (non-hydrogen) atoms. The van der Waals surface area contributed by atoms with E-state index >= 15 is 0 Å². The topological polar surface area (TPSA) is 62.2 Å². The number of hydrogen-bond acceptors (Lipinski definition) is 5. The first-order valence-corrected chi connectivity index (χ1v) is 9.30. The molecular formula is C17H16N2O2S2. The van der Waals surface area contributed by atoms with Gasteiger partial charge in [0.05, 0.1) is 22.3 Å². The predicted octanol–water partition coefficient (Wildman–Crippen LogP) is 3.39. The molecule has 1 amide bonds. The van der Waals surface area contributed by atoms with Gasteiger partial charge < -0.3 is 10.4 Å². The zero-order chi connectivity index (χ0) is 15.9. The van der Waals surface area contributed by atoms with Crippen LogP contribution in [0.4, 0.5) is 0 Å². The van der Waals surface area contributed by atoms with Crippen LogP contribution in [0.5, 0.6) is 0 Å². The molecule has 4 nitrogen and oxygen atoms in total. The van der Waals surface area contributed by atoms with Gasteiger partial charge in [-0.05, 0) is 48.4 Å². The number of nitrogens with one attached hydrogen (secondary N) is 1. The average molecular weight is 344 g/mol. The Labute approximate surface area is 141 Å². The van der Waals surface area contributed by atoms with Crippen LogP contribution in [-0.2, 0) is 5.60 Å². The van der Waals surface area contributed by atoms with Crippen LogP contribution in [0.25, 0.3) is 10.2 Å². The van der Waals surface area contributed by atoms with E-state index in [9.17, 15) is 9.90 Å². The van der Waals surface area contributed by atoms with E-state index in [2.05, 4.69) is 10.3 Å². The minimum atomic E-state index is -0.946. The molecule has 0 saturated heterocycles. The summed E-state index contributed by atoms with van der Waals surface area (Å²) in [4.78, 5) is 17.6. The van der Waals surface area contributed by atoms with E-state index in [1.807, 2.05) is 29.6 Å². The van der Waals surface area contributed by atoms with Crippen molar-refractivity contribution >= 4 is 38.8 Å². The third-order valence-corrected chi connectivity index (χ3v) is 6.14. The molecule has 1 aliphatic carbocycles. The van der Waals surface area contributed by atoms with Crippen molar-refractivity contribution in [3.8, 4) is 0 Å². The summed E-state index contributed by atoms with van der Waals surface area (Å²) >= 11 is 3.06. The molecule has 2 N–H and O–H groups in total. The van der Waals surface area contributed by atoms with E-state index in [1.165, 1.54) is 11.3 Å². The lowest BCUT2D eigenvalue weighted by molar-refractivity contribution is 0.0169. The first-order chi connectivity index (χ1) is 11.2. The van der Waals surface area contributed by atoms with Crippen LogP contribution >= 0.6 is 22.7 Å². The van der Waals surface area contributed by atoms with Crippen molar-refractivity contribution in [2.24, 2.45) is 5.92 Å². The molecule has 6 heteroatoms. The van der Waals surface area contributed by atoms with Crippen LogP contribution in [-0.4, -0.2) is 22.5 Å². The molecular weight excluding hydrogens is 328 g/mol. The predicted molar refractivity (Wildman–Crippen MR) is 92.9 cm³/mol. The lowest BCUT2D eigenvalue weighted by Gasteiger charge is -2.27. The van der Waals surface area contributed by atoms with E-state index in [1.54, 1.807) is 22.9 Å². The first kappa shape index (κ1) is 14.8. The quantitative estimate of drug-likeness (QED) is 0.746. The number of rotatable bonds is 5. The van der Waals surface area contributed by atoms with Crippen molar-refractivity contribution in [2.45, 2.75) is 18.4 Å². The van der Waals surface area contributed by atoms with E-state index in [4.69, 9.17) is 0 Å². The highest BCUT2D eigenvalue weighted by molar-refractivity contribution is 7.16. The fourth-order valence-corrected chi connectivity index (χ4v) is 4.45. The first-order valence-electron chi connectivity index (χ1n) is 7.54. The number of aromatic nitrogens is 1. The lowest BCUT2D eigenvalue weighted by atomic mass is 9.95. The highest BCUT2D eigenvalue weighted by Crippen LogP contribution is 2.46. The van der Waals surface area contributed by atoms with Gasteiger partial charge in [-0.3, -0.25) is 4.79 Å². The number of benzene rings is 1. The van der Waals surface area contributed by atoms with Crippen LogP contribution in [0.3, 0.4) is 0 Å². The maximum atomic E-state index is 12.4. The summed E-state index contributed by atoms with van der Waals surface area (Å²) in [7, 11) is 0. The van der Waals surface area contributed by atoms with Gasteiger partial charge in [0.2, 0.25) is 0 Å². The van der Waals surface area contributed by atoms with Crippen molar-refractivity contribution in [2.75, 3.05) is 6.54 Å². The number of thiazole rings is 1. The monoisotopic (exact) mass is 344 g/mol. The highest BCUT2D eigenvalue weighted by Gasteiger charge is 2.45. The van der Waals surface area contributed by atoms with Crippen LogP contribution in [0.1, 0.15) is 28.1 Å². The molecule has 2 aromatic heterocycles. The molecule has 3 aromatic rings. The summed E-state index contributed by atoms with van der Waals surface area (Å²) in [6.45, 7) is 0.248. The zero-order valence-corrected chi connectivity index (χ0v) is 14.0. The average Bonchev–Trinajstić information content (AvgIpc) is 3.10. The van der Waals surface area contributed by atoms with Crippen molar-refractivity contribution in [1.82, 2.24) is 10.3 Å². The van der Waals surface area contributed by atoms with Crippen molar-refractivity contribution in [3.63, 3.8) is 0 Å². The molecule has 0 spiro atoms. The molecule has 0 aliphatic heterocycles. The third-order valence-electron chi connectivity index (χ3n) is 4.31. The summed E-state index contributed by atoms with van der Waals surface area (Å²) < 4.78 is 0.994. The maximum Gasteiger partial charge on any atom is 0.251 e. The van der Waals surface area contributed by atoms with Gasteiger partial charge in [-0.25, -0.2) is 4.98 Å². The largest absolute Gasteiger partial charge is 0.382 e. The molecule has 2 heterocycles. The van der Waals surface area contributed by atoms with Gasteiger partial charge in [0.1, 0.15) is 5.60 Å². The number of nitrogens with zero attached hydrogens (tertiary/aromatic N) is 1. The van der Waals surface area contributed by atoms with Crippen LogP contribution in [0.2, 0.25) is 0 Å². The minimum Gasteiger partial charge on any atom is -0.382 e. The van der Waals surface area contributed by atoms with Gasteiger partial charge in [0.15, 0.2) is 0 Å². The third kappa shape index (κ3) is 2.78. The Hall–Kier alpha value is -1.76. The highest BCUT2D eigenvalue weighted by atomic mass is 32.1. The molecule has 0 radical (unpaired) electrons. The number of amides is 1. The van der Waals surface area contributed by atoms with Gasteiger partial charge in [-0.15, -0.1) is 22.7 Å². The minimum absolute atomic E-state index is 0.157. The maximum absolute atomic E-state index is 12.4. The number of hydrogen-bond donors (Lipinski definition) is 2. The summed E-state index contributed by atoms with van der Waals surface area (Å²) in [5.74, 6) is 0.0846. The van der Waals surface area contributed by atoms with Crippen molar-refractivity contribution in [3.05, 3.63) is 51.7 Å². The molecule has 1 aliphatic rings. The Balaban J connectivity index is 1.51. The second-order valence-corrected chi connectivity index (χ2v) is 7.73. The summed E-state index contributed by atoms with van der Waals surface area (Å²) in [6, 6.07) is 9.36. The lowest BCUT2D eigenvalue weighted by Crippen LogP contribution is -2.42. The molecule has 1 saturated carbocycles. The van der Waals surface area contributed by atoms with Gasteiger partial charge in [-0.2, -0.15) is 0 Å². The fourth-order valence-electron chi connectivity index (χ4n) is 2.83. The summed E-state index contributed by atoms with van der Waals surface area (Å²) in [5, 5.41) is 15.9. The van der Waals surface area contributed by atoms with E-state index in [0.717, 1.165) is 27.9 Å². The van der Waals surface area contributed by atoms with Crippen LogP contribution < -0.4 is 5.32 Å². The van der Waals surface area contributed by atoms with E-state index in [0.29, 0.717) is 5.56 Å². The van der Waals surface area contributed by atoms with Gasteiger partial charge in [0, 0.05) is 10.4 Å². The van der Waals surface area contributed by atoms with E-state index in [-0.39, 0.29) is 18.4 Å². The number of thiophene rings is 1. The molecule has 0 bridgehead atoms. The molecule has 1 aromatic carbocycles. The SMILES string of the molecule is O=C(NC[C@](O)(c1cccs1)C1CC1)c1ccc2ncsc2c1. The number of carbonyl (C=O) groups excluding carboxylic acids is 1. The summed E-state index contributed by atoms with van der Waals surface area (Å²) in [6.07, 6.45) is 2.02. The van der Waals surface area contributed by atoms with Crippen LogP contribution in [0.15, 0.2) is 41.2 Å². The molecule has 4 rings (SSSR count). The molecule has 0 unspecified atom stereocenters. The second kappa shape index (κ2) is 5.70. The Morgan fingerprint density at radius 2 is 2.22 bits per heavy atom. The number of fused-ring (bicyclic) bond motifs is 1. The second-order valence-electron chi connectivity index (χ2n) is 5.89. The fraction of sp³-hybridized carbons (Fsp3) is 0.294. The van der Waals surface area contributed by atoms with Gasteiger partial charge in [0.25, 0.3) is 5.91 Å². The number of aliphatic hydroxyl groups is 1. The van der Waals surface area contributed by atoms with Crippen molar-refractivity contribution in [1.29, 1.82) is 0 Å². The smallest absolute Gasteiger partial charge is 0.251 e. The molecule has 1 fully saturated rings. The van der Waals surface area contributed by atoms with Crippen LogP contribution in [0, 0.1) is 5.92 Å². The number of carbonyl (C=O) groups is 1. The standard InChI is InChI=1S/C17H16N2O2S2/c20-16(11-3-6-13-14(8-11)23-10-19-13)18-9-17(21,12-4-5-12)15-2-1-7-22-15/h1-3,6-8,10,12,21H,4-5,9H2,(H,18,20)/t17-/m1/s1. The normalized spacial score (nSPS) is 17.1. The Kier molecular flexibility index (Phi) is 3.67. The molecule has 1 atom stereocenters. The molecule has 118 valence electrons. The Morgan fingerprint density at radius 1 is 1.35 bits per heavy atom.